The van der Waals surface area contributed by atoms with E-state index in [4.69, 9.17) is 10.5 Å². The Kier molecular flexibility index (Phi) is 3.45. The topological polar surface area (TPSA) is 35.2 Å². The highest BCUT2D eigenvalue weighted by molar-refractivity contribution is 5.66. The summed E-state index contributed by atoms with van der Waals surface area (Å²) in [6.07, 6.45) is 1.12. The molecular formula is C17H18FNO. The molecule has 104 valence electrons. The minimum Gasteiger partial charge on any atom is -0.496 e. The van der Waals surface area contributed by atoms with Crippen molar-refractivity contribution >= 4 is 0 Å². The van der Waals surface area contributed by atoms with Crippen LogP contribution in [0, 0.1) is 11.7 Å². The van der Waals surface area contributed by atoms with Crippen molar-refractivity contribution in [2.45, 2.75) is 12.3 Å². The van der Waals surface area contributed by atoms with Gasteiger partial charge in [0.1, 0.15) is 11.6 Å². The average Bonchev–Trinajstić information content (AvgIpc) is 3.27. The van der Waals surface area contributed by atoms with E-state index in [1.165, 1.54) is 17.7 Å². The summed E-state index contributed by atoms with van der Waals surface area (Å²) in [5, 5.41) is 0. The summed E-state index contributed by atoms with van der Waals surface area (Å²) < 4.78 is 18.5. The third-order valence-electron chi connectivity index (χ3n) is 4.03. The van der Waals surface area contributed by atoms with Gasteiger partial charge < -0.3 is 10.5 Å². The van der Waals surface area contributed by atoms with Crippen LogP contribution in [0.5, 0.6) is 5.75 Å². The Morgan fingerprint density at radius 1 is 1.15 bits per heavy atom. The minimum absolute atomic E-state index is 0.215. The number of nitrogens with two attached hydrogens (primary N) is 1. The highest BCUT2D eigenvalue weighted by Crippen LogP contribution is 2.50. The molecule has 3 heteroatoms. The van der Waals surface area contributed by atoms with Crippen LogP contribution in [0.15, 0.2) is 42.5 Å². The van der Waals surface area contributed by atoms with Crippen LogP contribution < -0.4 is 10.5 Å². The summed E-state index contributed by atoms with van der Waals surface area (Å²) in [5.41, 5.74) is 9.05. The molecule has 1 fully saturated rings. The molecule has 2 nitrogen and oxygen atoms in total. The molecule has 0 spiro atoms. The number of benzene rings is 2. The third kappa shape index (κ3) is 2.41. The molecule has 1 aliphatic rings. The number of hydrogen-bond donors (Lipinski definition) is 1. The smallest absolute Gasteiger partial charge is 0.123 e. The van der Waals surface area contributed by atoms with E-state index < -0.39 is 0 Å². The first-order valence-corrected chi connectivity index (χ1v) is 6.87. The Morgan fingerprint density at radius 2 is 1.85 bits per heavy atom. The number of methoxy groups -OCH3 is 1. The maximum Gasteiger partial charge on any atom is 0.123 e. The molecule has 3 rings (SSSR count). The molecule has 2 aromatic rings. The van der Waals surface area contributed by atoms with Crippen molar-refractivity contribution in [3.63, 3.8) is 0 Å². The van der Waals surface area contributed by atoms with E-state index in [1.807, 2.05) is 12.1 Å². The molecule has 0 amide bonds. The number of rotatable bonds is 4. The molecule has 0 saturated heterocycles. The van der Waals surface area contributed by atoms with Gasteiger partial charge in [-0.2, -0.15) is 0 Å². The van der Waals surface area contributed by atoms with Gasteiger partial charge in [-0.1, -0.05) is 18.2 Å². The predicted octanol–water partition coefficient (Wildman–Crippen LogP) is 3.56. The number of ether oxygens (including phenoxy) is 1. The van der Waals surface area contributed by atoms with Crippen LogP contribution in [0.1, 0.15) is 17.9 Å². The molecule has 0 bridgehead atoms. The second kappa shape index (κ2) is 5.25. The molecule has 0 radical (unpaired) electrons. The summed E-state index contributed by atoms with van der Waals surface area (Å²) in [6, 6.07) is 12.7. The lowest BCUT2D eigenvalue weighted by molar-refractivity contribution is 0.409. The van der Waals surface area contributed by atoms with Gasteiger partial charge in [0.25, 0.3) is 0 Å². The largest absolute Gasteiger partial charge is 0.496 e. The lowest BCUT2D eigenvalue weighted by atomic mass is 9.99. The first-order chi connectivity index (χ1) is 9.72. The quantitative estimate of drug-likeness (QED) is 0.922. The summed E-state index contributed by atoms with van der Waals surface area (Å²) in [6.45, 7) is 0.717. The Bertz CT molecular complexity index is 609. The Hall–Kier alpha value is -1.87. The monoisotopic (exact) mass is 271 g/mol. The lowest BCUT2D eigenvalue weighted by Crippen LogP contribution is -2.02. The van der Waals surface area contributed by atoms with E-state index >= 15 is 0 Å². The zero-order chi connectivity index (χ0) is 14.1. The molecule has 0 heterocycles. The number of halogens is 1. The third-order valence-corrected chi connectivity index (χ3v) is 4.03. The van der Waals surface area contributed by atoms with Crippen LogP contribution in [0.3, 0.4) is 0 Å². The second-order valence-electron chi connectivity index (χ2n) is 5.30. The van der Waals surface area contributed by atoms with Crippen molar-refractivity contribution in [3.8, 4) is 16.9 Å². The second-order valence-corrected chi connectivity index (χ2v) is 5.30. The van der Waals surface area contributed by atoms with E-state index in [0.717, 1.165) is 23.3 Å². The molecule has 2 N–H and O–H groups in total. The van der Waals surface area contributed by atoms with E-state index in [-0.39, 0.29) is 5.82 Å². The fourth-order valence-corrected chi connectivity index (χ4v) is 2.74. The standard InChI is InChI=1S/C17H18FNO/c1-20-17-7-4-12(11-2-5-14(18)6-3-11)8-16(17)15-9-13(15)10-19/h2-8,13,15H,9-10,19H2,1H3/t13-,15+/m1/s1. The molecule has 0 aromatic heterocycles. The molecule has 1 aliphatic carbocycles. The van der Waals surface area contributed by atoms with Gasteiger partial charge in [0.15, 0.2) is 0 Å². The Labute approximate surface area is 118 Å². The molecule has 20 heavy (non-hydrogen) atoms. The van der Waals surface area contributed by atoms with Crippen LogP contribution in [0.2, 0.25) is 0 Å². The Morgan fingerprint density at radius 3 is 2.45 bits per heavy atom. The maximum atomic E-state index is 13.0. The highest BCUT2D eigenvalue weighted by Gasteiger charge is 2.38. The van der Waals surface area contributed by atoms with Gasteiger partial charge in [-0.15, -0.1) is 0 Å². The van der Waals surface area contributed by atoms with Gasteiger partial charge in [-0.3, -0.25) is 0 Å². The van der Waals surface area contributed by atoms with E-state index in [9.17, 15) is 4.39 Å². The van der Waals surface area contributed by atoms with Gasteiger partial charge in [-0.25, -0.2) is 4.39 Å². The highest BCUT2D eigenvalue weighted by atomic mass is 19.1. The van der Waals surface area contributed by atoms with Crippen molar-refractivity contribution in [2.24, 2.45) is 11.7 Å². The first-order valence-electron chi connectivity index (χ1n) is 6.87. The summed E-state index contributed by atoms with van der Waals surface area (Å²) >= 11 is 0. The molecular weight excluding hydrogens is 253 g/mol. The molecule has 0 unspecified atom stereocenters. The summed E-state index contributed by atoms with van der Waals surface area (Å²) in [7, 11) is 1.69. The molecule has 1 saturated carbocycles. The van der Waals surface area contributed by atoms with E-state index in [0.29, 0.717) is 18.4 Å². The molecule has 0 aliphatic heterocycles. The maximum absolute atomic E-state index is 13.0. The SMILES string of the molecule is COc1ccc(-c2ccc(F)cc2)cc1[C@H]1C[C@@H]1CN. The van der Waals surface area contributed by atoms with Gasteiger partial charge in [0.05, 0.1) is 7.11 Å². The fraction of sp³-hybridized carbons (Fsp3) is 0.294. The van der Waals surface area contributed by atoms with Gasteiger partial charge in [0.2, 0.25) is 0 Å². The van der Waals surface area contributed by atoms with E-state index in [1.54, 1.807) is 19.2 Å². The van der Waals surface area contributed by atoms with Crippen LogP contribution in [-0.4, -0.2) is 13.7 Å². The summed E-state index contributed by atoms with van der Waals surface area (Å²) in [4.78, 5) is 0. The van der Waals surface area contributed by atoms with Gasteiger partial charge in [-0.05, 0) is 65.8 Å². The van der Waals surface area contributed by atoms with Crippen LogP contribution in [0.25, 0.3) is 11.1 Å². The van der Waals surface area contributed by atoms with E-state index in [2.05, 4.69) is 6.07 Å². The van der Waals surface area contributed by atoms with Crippen molar-refractivity contribution in [3.05, 3.63) is 53.8 Å². The molecule has 2 aromatic carbocycles. The summed E-state index contributed by atoms with van der Waals surface area (Å²) in [5.74, 6) is 1.76. The Balaban J connectivity index is 1.97. The van der Waals surface area contributed by atoms with Crippen LogP contribution >= 0.6 is 0 Å². The van der Waals surface area contributed by atoms with Crippen LogP contribution in [0.4, 0.5) is 4.39 Å². The zero-order valence-corrected chi connectivity index (χ0v) is 11.5. The molecule has 2 atom stereocenters. The van der Waals surface area contributed by atoms with Crippen molar-refractivity contribution in [1.29, 1.82) is 0 Å². The van der Waals surface area contributed by atoms with Gasteiger partial charge in [0, 0.05) is 0 Å². The minimum atomic E-state index is -0.215. The zero-order valence-electron chi connectivity index (χ0n) is 11.5. The first kappa shape index (κ1) is 13.1. The van der Waals surface area contributed by atoms with Crippen LogP contribution in [-0.2, 0) is 0 Å². The number of hydrogen-bond acceptors (Lipinski definition) is 2. The van der Waals surface area contributed by atoms with Crippen molar-refractivity contribution in [1.82, 2.24) is 0 Å². The normalized spacial score (nSPS) is 20.8. The predicted molar refractivity (Wildman–Crippen MR) is 78.3 cm³/mol. The van der Waals surface area contributed by atoms with Crippen molar-refractivity contribution < 1.29 is 9.13 Å². The average molecular weight is 271 g/mol. The van der Waals surface area contributed by atoms with Crippen molar-refractivity contribution in [2.75, 3.05) is 13.7 Å². The lowest BCUT2D eigenvalue weighted by Gasteiger charge is -2.11. The fourth-order valence-electron chi connectivity index (χ4n) is 2.74. The van der Waals surface area contributed by atoms with Gasteiger partial charge >= 0.3 is 0 Å².